The SMILES string of the molecule is Nc1c(Cl)cc(-c2ccc3ncc(C(=O)C4CC4)c(Nc4ccc(NC5CCNC5)nc4)c3c2)cc1Cl. The first-order chi connectivity index (χ1) is 18.0. The molecule has 0 bridgehead atoms. The number of rotatable bonds is 7. The predicted octanol–water partition coefficient (Wildman–Crippen LogP) is 6.30. The van der Waals surface area contributed by atoms with Gasteiger partial charge in [0.15, 0.2) is 5.78 Å². The number of carbonyl (C=O) groups is 1. The van der Waals surface area contributed by atoms with E-state index in [1.807, 2.05) is 30.3 Å². The highest BCUT2D eigenvalue weighted by Gasteiger charge is 2.32. The van der Waals surface area contributed by atoms with Crippen molar-refractivity contribution in [3.8, 4) is 11.1 Å². The van der Waals surface area contributed by atoms with Gasteiger partial charge in [-0.05, 0) is 73.3 Å². The van der Waals surface area contributed by atoms with Gasteiger partial charge in [-0.3, -0.25) is 9.78 Å². The van der Waals surface area contributed by atoms with E-state index in [0.29, 0.717) is 27.3 Å². The lowest BCUT2D eigenvalue weighted by Crippen LogP contribution is -2.22. The van der Waals surface area contributed by atoms with E-state index < -0.39 is 0 Å². The lowest BCUT2D eigenvalue weighted by Gasteiger charge is -2.16. The zero-order valence-electron chi connectivity index (χ0n) is 20.0. The molecule has 3 heterocycles. The summed E-state index contributed by atoms with van der Waals surface area (Å²) >= 11 is 12.6. The molecule has 4 aromatic rings. The van der Waals surface area contributed by atoms with Crippen molar-refractivity contribution in [2.75, 3.05) is 29.5 Å². The maximum absolute atomic E-state index is 13.2. The van der Waals surface area contributed by atoms with Crippen molar-refractivity contribution in [1.82, 2.24) is 15.3 Å². The van der Waals surface area contributed by atoms with Gasteiger partial charge in [-0.15, -0.1) is 0 Å². The number of nitrogen functional groups attached to an aromatic ring is 1. The Labute approximate surface area is 224 Å². The van der Waals surface area contributed by atoms with Gasteiger partial charge in [0.05, 0.1) is 44.4 Å². The Morgan fingerprint density at radius 2 is 1.78 bits per heavy atom. The van der Waals surface area contributed by atoms with Crippen LogP contribution in [0.2, 0.25) is 10.0 Å². The number of nitrogens with zero attached hydrogens (tertiary/aromatic N) is 2. The summed E-state index contributed by atoms with van der Waals surface area (Å²) in [4.78, 5) is 22.4. The van der Waals surface area contributed by atoms with Crippen molar-refractivity contribution in [1.29, 1.82) is 0 Å². The highest BCUT2D eigenvalue weighted by Crippen LogP contribution is 2.39. The van der Waals surface area contributed by atoms with Gasteiger partial charge in [0.2, 0.25) is 0 Å². The van der Waals surface area contributed by atoms with Gasteiger partial charge >= 0.3 is 0 Å². The van der Waals surface area contributed by atoms with Crippen LogP contribution < -0.4 is 21.7 Å². The van der Waals surface area contributed by atoms with Gasteiger partial charge in [-0.2, -0.15) is 0 Å². The van der Waals surface area contributed by atoms with Crippen LogP contribution in [0.25, 0.3) is 22.0 Å². The van der Waals surface area contributed by atoms with Crippen LogP contribution >= 0.6 is 23.2 Å². The van der Waals surface area contributed by atoms with Crippen LogP contribution in [0.15, 0.2) is 54.9 Å². The third-order valence-corrected chi connectivity index (χ3v) is 7.56. The molecule has 5 N–H and O–H groups in total. The molecule has 1 saturated heterocycles. The monoisotopic (exact) mass is 532 g/mol. The van der Waals surface area contributed by atoms with Crippen molar-refractivity contribution in [3.63, 3.8) is 0 Å². The molecule has 6 rings (SSSR count). The number of hydrogen-bond acceptors (Lipinski definition) is 7. The minimum atomic E-state index is 0.0578. The third kappa shape index (κ3) is 4.94. The van der Waals surface area contributed by atoms with E-state index in [1.165, 1.54) is 0 Å². The fourth-order valence-electron chi connectivity index (χ4n) is 4.69. The highest BCUT2D eigenvalue weighted by atomic mass is 35.5. The molecule has 9 heteroatoms. The summed E-state index contributed by atoms with van der Waals surface area (Å²) in [5.41, 5.74) is 10.9. The number of aromatic nitrogens is 2. The molecule has 1 atom stereocenters. The van der Waals surface area contributed by atoms with E-state index in [-0.39, 0.29) is 11.7 Å². The maximum Gasteiger partial charge on any atom is 0.169 e. The summed E-state index contributed by atoms with van der Waals surface area (Å²) in [7, 11) is 0. The number of halogens is 2. The maximum atomic E-state index is 13.2. The summed E-state index contributed by atoms with van der Waals surface area (Å²) in [6.07, 6.45) is 6.36. The van der Waals surface area contributed by atoms with Crippen molar-refractivity contribution in [2.45, 2.75) is 25.3 Å². The minimum Gasteiger partial charge on any atom is -0.396 e. The Bertz CT molecular complexity index is 1470. The van der Waals surface area contributed by atoms with Gasteiger partial charge in [0, 0.05) is 30.1 Å². The molecule has 37 heavy (non-hydrogen) atoms. The second-order valence-electron chi connectivity index (χ2n) is 9.66. The Balaban J connectivity index is 1.40. The molecule has 2 aliphatic rings. The normalized spacial score (nSPS) is 17.2. The third-order valence-electron chi connectivity index (χ3n) is 6.94. The van der Waals surface area contributed by atoms with Gasteiger partial charge in [-0.1, -0.05) is 29.3 Å². The van der Waals surface area contributed by atoms with E-state index in [0.717, 1.165) is 71.6 Å². The largest absolute Gasteiger partial charge is 0.396 e. The molecule has 1 saturated carbocycles. The van der Waals surface area contributed by atoms with E-state index in [1.54, 1.807) is 24.5 Å². The highest BCUT2D eigenvalue weighted by molar-refractivity contribution is 6.39. The molecule has 1 unspecified atom stereocenters. The molecule has 7 nitrogen and oxygen atoms in total. The lowest BCUT2D eigenvalue weighted by molar-refractivity contribution is 0.0968. The zero-order chi connectivity index (χ0) is 25.5. The Kier molecular flexibility index (Phi) is 6.36. The number of nitrogens with one attached hydrogen (secondary N) is 3. The first-order valence-electron chi connectivity index (χ1n) is 12.4. The number of anilines is 4. The Morgan fingerprint density at radius 1 is 0.973 bits per heavy atom. The predicted molar refractivity (Wildman–Crippen MR) is 151 cm³/mol. The first-order valence-corrected chi connectivity index (χ1v) is 13.1. The molecule has 0 amide bonds. The zero-order valence-corrected chi connectivity index (χ0v) is 21.5. The average molecular weight is 533 g/mol. The second-order valence-corrected chi connectivity index (χ2v) is 10.5. The van der Waals surface area contributed by atoms with Gasteiger partial charge in [0.25, 0.3) is 0 Å². The number of benzene rings is 2. The molecule has 188 valence electrons. The molecule has 0 spiro atoms. The van der Waals surface area contributed by atoms with E-state index in [2.05, 4.69) is 25.9 Å². The number of hydrogen-bond donors (Lipinski definition) is 4. The standard InChI is InChI=1S/C28H26Cl2N6O/c29-22-10-17(11-23(30)26(22)31)16-3-5-24-20(9-16)27(21(14-33-24)28(37)15-1-2-15)36-18-4-6-25(34-13-18)35-19-7-8-32-12-19/h3-6,9-11,13-15,19,32H,1-2,7-8,12,31H2,(H,33,36)(H,34,35). The molecule has 2 fully saturated rings. The molecule has 0 radical (unpaired) electrons. The van der Waals surface area contributed by atoms with Crippen molar-refractivity contribution in [2.24, 2.45) is 5.92 Å². The van der Waals surface area contributed by atoms with Crippen LogP contribution in [-0.2, 0) is 0 Å². The van der Waals surface area contributed by atoms with Gasteiger partial charge in [-0.25, -0.2) is 4.98 Å². The summed E-state index contributed by atoms with van der Waals surface area (Å²) in [6, 6.07) is 13.8. The van der Waals surface area contributed by atoms with Crippen LogP contribution in [0.4, 0.5) is 22.9 Å². The van der Waals surface area contributed by atoms with Crippen LogP contribution in [0.5, 0.6) is 0 Å². The van der Waals surface area contributed by atoms with Crippen molar-refractivity contribution >= 4 is 62.8 Å². The second kappa shape index (κ2) is 9.82. The topological polar surface area (TPSA) is 105 Å². The van der Waals surface area contributed by atoms with Crippen LogP contribution in [0, 0.1) is 5.92 Å². The smallest absolute Gasteiger partial charge is 0.169 e. The summed E-state index contributed by atoms with van der Waals surface area (Å²) < 4.78 is 0. The molecule has 2 aromatic heterocycles. The lowest BCUT2D eigenvalue weighted by atomic mass is 9.98. The van der Waals surface area contributed by atoms with Crippen LogP contribution in [-0.4, -0.2) is 34.9 Å². The van der Waals surface area contributed by atoms with Crippen LogP contribution in [0.1, 0.15) is 29.6 Å². The van der Waals surface area contributed by atoms with E-state index >= 15 is 0 Å². The number of Topliss-reactive ketones (excluding diaryl/α,β-unsaturated/α-hetero) is 1. The fourth-order valence-corrected chi connectivity index (χ4v) is 5.18. The van der Waals surface area contributed by atoms with Crippen molar-refractivity contribution in [3.05, 3.63) is 70.5 Å². The van der Waals surface area contributed by atoms with Gasteiger partial charge in [0.1, 0.15) is 5.82 Å². The molecule has 1 aliphatic carbocycles. The van der Waals surface area contributed by atoms with E-state index in [4.69, 9.17) is 28.9 Å². The minimum absolute atomic E-state index is 0.0578. The Morgan fingerprint density at radius 3 is 2.46 bits per heavy atom. The fraction of sp³-hybridized carbons (Fsp3) is 0.250. The van der Waals surface area contributed by atoms with Gasteiger partial charge < -0.3 is 21.7 Å². The number of nitrogens with two attached hydrogens (primary N) is 1. The first kappa shape index (κ1) is 24.0. The summed E-state index contributed by atoms with van der Waals surface area (Å²) in [6.45, 7) is 1.95. The summed E-state index contributed by atoms with van der Waals surface area (Å²) in [5.74, 6) is 0.996. The van der Waals surface area contributed by atoms with E-state index in [9.17, 15) is 4.79 Å². The summed E-state index contributed by atoms with van der Waals surface area (Å²) in [5, 5.41) is 11.9. The number of fused-ring (bicyclic) bond motifs is 1. The van der Waals surface area contributed by atoms with Crippen molar-refractivity contribution < 1.29 is 4.79 Å². The molecular weight excluding hydrogens is 507 g/mol. The number of carbonyl (C=O) groups excluding carboxylic acids is 1. The molecular formula is C28H26Cl2N6O. The van der Waals surface area contributed by atoms with Crippen LogP contribution in [0.3, 0.4) is 0 Å². The quantitative estimate of drug-likeness (QED) is 0.163. The molecule has 1 aliphatic heterocycles. The number of pyridine rings is 2. The Hall–Kier alpha value is -3.39. The average Bonchev–Trinajstić information content (AvgIpc) is 3.64. The molecule has 2 aromatic carbocycles. The number of ketones is 1.